The van der Waals surface area contributed by atoms with E-state index in [0.29, 0.717) is 5.41 Å². The molecule has 1 atom stereocenters. The van der Waals surface area contributed by atoms with Gasteiger partial charge in [0.1, 0.15) is 0 Å². The second-order valence-corrected chi connectivity index (χ2v) is 6.85. The molecule has 0 amide bonds. The lowest BCUT2D eigenvalue weighted by molar-refractivity contribution is 0.148. The molecule has 2 fully saturated rings. The second kappa shape index (κ2) is 5.71. The first-order valence-electron chi connectivity index (χ1n) is 7.57. The van der Waals surface area contributed by atoms with Gasteiger partial charge in [-0.3, -0.25) is 0 Å². The molecule has 2 aliphatic carbocycles. The van der Waals surface area contributed by atoms with Crippen molar-refractivity contribution in [2.45, 2.75) is 52.4 Å². The van der Waals surface area contributed by atoms with Crippen molar-refractivity contribution < 1.29 is 0 Å². The number of hydrogen-bond donors (Lipinski definition) is 1. The summed E-state index contributed by atoms with van der Waals surface area (Å²) in [5, 5.41) is 0. The summed E-state index contributed by atoms with van der Waals surface area (Å²) in [6.45, 7) is 9.41. The molecule has 2 nitrogen and oxygen atoms in total. The van der Waals surface area contributed by atoms with E-state index in [1.807, 2.05) is 0 Å². The lowest BCUT2D eigenvalue weighted by atomic mass is 9.85. The van der Waals surface area contributed by atoms with Crippen LogP contribution in [0.4, 0.5) is 0 Å². The SMILES string of the molecule is CCCC(C)(CN)CN(CC1CC1)CC1CC1. The van der Waals surface area contributed by atoms with Gasteiger partial charge in [0, 0.05) is 19.6 Å². The summed E-state index contributed by atoms with van der Waals surface area (Å²) in [4.78, 5) is 2.73. The van der Waals surface area contributed by atoms with Crippen LogP contribution in [0.3, 0.4) is 0 Å². The van der Waals surface area contributed by atoms with E-state index in [1.54, 1.807) is 0 Å². The molecule has 2 heteroatoms. The second-order valence-electron chi connectivity index (χ2n) is 6.85. The van der Waals surface area contributed by atoms with Crippen molar-refractivity contribution in [3.63, 3.8) is 0 Å². The predicted octanol–water partition coefficient (Wildman–Crippen LogP) is 2.87. The number of nitrogens with zero attached hydrogens (tertiary/aromatic N) is 1. The standard InChI is InChI=1S/C15H30N2/c1-3-8-15(2,11-16)12-17(9-13-4-5-13)10-14-6-7-14/h13-14H,3-12,16H2,1-2H3. The molecule has 1 unspecified atom stereocenters. The summed E-state index contributed by atoms with van der Waals surface area (Å²) >= 11 is 0. The Morgan fingerprint density at radius 2 is 1.65 bits per heavy atom. The van der Waals surface area contributed by atoms with Gasteiger partial charge in [0.15, 0.2) is 0 Å². The molecule has 0 heterocycles. The molecule has 0 aromatic rings. The topological polar surface area (TPSA) is 29.3 Å². The van der Waals surface area contributed by atoms with E-state index in [9.17, 15) is 0 Å². The van der Waals surface area contributed by atoms with Gasteiger partial charge in [0.25, 0.3) is 0 Å². The van der Waals surface area contributed by atoms with E-state index in [1.165, 1.54) is 58.2 Å². The van der Waals surface area contributed by atoms with Crippen LogP contribution >= 0.6 is 0 Å². The van der Waals surface area contributed by atoms with Crippen LogP contribution in [0, 0.1) is 17.3 Å². The van der Waals surface area contributed by atoms with E-state index in [0.717, 1.165) is 18.4 Å². The maximum Gasteiger partial charge on any atom is 0.00476 e. The number of hydrogen-bond acceptors (Lipinski definition) is 2. The van der Waals surface area contributed by atoms with Gasteiger partial charge in [-0.1, -0.05) is 20.3 Å². The van der Waals surface area contributed by atoms with E-state index < -0.39 is 0 Å². The van der Waals surface area contributed by atoms with Gasteiger partial charge in [-0.05, 0) is 55.9 Å². The molecule has 2 saturated carbocycles. The van der Waals surface area contributed by atoms with Crippen molar-refractivity contribution in [3.8, 4) is 0 Å². The van der Waals surface area contributed by atoms with Crippen LogP contribution in [0.15, 0.2) is 0 Å². The summed E-state index contributed by atoms with van der Waals surface area (Å²) in [5.41, 5.74) is 6.35. The molecule has 0 aromatic heterocycles. The molecular formula is C15H30N2. The van der Waals surface area contributed by atoms with Gasteiger partial charge in [-0.15, -0.1) is 0 Å². The fourth-order valence-electron chi connectivity index (χ4n) is 2.92. The quantitative estimate of drug-likeness (QED) is 0.669. The van der Waals surface area contributed by atoms with Crippen molar-refractivity contribution in [3.05, 3.63) is 0 Å². The van der Waals surface area contributed by atoms with E-state index in [-0.39, 0.29) is 0 Å². The largest absolute Gasteiger partial charge is 0.330 e. The fraction of sp³-hybridized carbons (Fsp3) is 1.00. The van der Waals surface area contributed by atoms with Gasteiger partial charge in [0.2, 0.25) is 0 Å². The molecule has 0 spiro atoms. The van der Waals surface area contributed by atoms with Gasteiger partial charge in [-0.25, -0.2) is 0 Å². The first-order valence-corrected chi connectivity index (χ1v) is 7.57. The zero-order valence-electron chi connectivity index (χ0n) is 11.8. The molecule has 0 bridgehead atoms. The summed E-state index contributed by atoms with van der Waals surface area (Å²) in [5.74, 6) is 2.02. The minimum Gasteiger partial charge on any atom is -0.330 e. The van der Waals surface area contributed by atoms with Crippen LogP contribution in [0.25, 0.3) is 0 Å². The lowest BCUT2D eigenvalue weighted by Crippen LogP contribution is -2.42. The number of nitrogens with two attached hydrogens (primary N) is 1. The Bertz CT molecular complexity index is 219. The third-order valence-corrected chi connectivity index (χ3v) is 4.38. The molecule has 0 aliphatic heterocycles. The smallest absolute Gasteiger partial charge is 0.00476 e. The van der Waals surface area contributed by atoms with Crippen LogP contribution in [-0.2, 0) is 0 Å². The van der Waals surface area contributed by atoms with Crippen molar-refractivity contribution in [2.75, 3.05) is 26.2 Å². The van der Waals surface area contributed by atoms with Crippen molar-refractivity contribution in [1.29, 1.82) is 0 Å². The van der Waals surface area contributed by atoms with Crippen LogP contribution in [0.1, 0.15) is 52.4 Å². The van der Waals surface area contributed by atoms with Crippen molar-refractivity contribution in [2.24, 2.45) is 23.0 Å². The van der Waals surface area contributed by atoms with E-state index >= 15 is 0 Å². The average Bonchev–Trinajstić information content (AvgIpc) is 3.14. The molecule has 0 radical (unpaired) electrons. The monoisotopic (exact) mass is 238 g/mol. The maximum absolute atomic E-state index is 6.01. The Balaban J connectivity index is 1.83. The number of rotatable bonds is 9. The van der Waals surface area contributed by atoms with Gasteiger partial charge >= 0.3 is 0 Å². The van der Waals surface area contributed by atoms with Gasteiger partial charge < -0.3 is 10.6 Å². The summed E-state index contributed by atoms with van der Waals surface area (Å²) in [6.07, 6.45) is 8.40. The highest BCUT2D eigenvalue weighted by atomic mass is 15.1. The first kappa shape index (κ1) is 13.4. The predicted molar refractivity (Wildman–Crippen MR) is 74.0 cm³/mol. The third-order valence-electron chi connectivity index (χ3n) is 4.38. The Morgan fingerprint density at radius 3 is 2.00 bits per heavy atom. The molecule has 2 rings (SSSR count). The molecule has 0 aromatic carbocycles. The molecule has 100 valence electrons. The molecule has 0 saturated heterocycles. The summed E-state index contributed by atoms with van der Waals surface area (Å²) in [6, 6.07) is 0. The highest BCUT2D eigenvalue weighted by Crippen LogP contribution is 2.35. The highest BCUT2D eigenvalue weighted by molar-refractivity contribution is 4.86. The van der Waals surface area contributed by atoms with Crippen LogP contribution in [0.5, 0.6) is 0 Å². The lowest BCUT2D eigenvalue weighted by Gasteiger charge is -2.35. The minimum atomic E-state index is 0.346. The Hall–Kier alpha value is -0.0800. The molecule has 2 N–H and O–H groups in total. The minimum absolute atomic E-state index is 0.346. The average molecular weight is 238 g/mol. The van der Waals surface area contributed by atoms with Crippen molar-refractivity contribution >= 4 is 0 Å². The van der Waals surface area contributed by atoms with Crippen LogP contribution in [0.2, 0.25) is 0 Å². The van der Waals surface area contributed by atoms with Crippen molar-refractivity contribution in [1.82, 2.24) is 4.90 Å². The van der Waals surface area contributed by atoms with Crippen LogP contribution in [-0.4, -0.2) is 31.1 Å². The Labute approximate surface area is 107 Å². The highest BCUT2D eigenvalue weighted by Gasteiger charge is 2.32. The fourth-order valence-corrected chi connectivity index (χ4v) is 2.92. The normalized spacial score (nSPS) is 24.0. The molecular weight excluding hydrogens is 208 g/mol. The van der Waals surface area contributed by atoms with Gasteiger partial charge in [-0.2, -0.15) is 0 Å². The zero-order valence-corrected chi connectivity index (χ0v) is 11.8. The molecule has 17 heavy (non-hydrogen) atoms. The third kappa shape index (κ3) is 4.59. The van der Waals surface area contributed by atoms with E-state index in [2.05, 4.69) is 18.7 Å². The summed E-state index contributed by atoms with van der Waals surface area (Å²) < 4.78 is 0. The Kier molecular flexibility index (Phi) is 4.48. The summed E-state index contributed by atoms with van der Waals surface area (Å²) in [7, 11) is 0. The molecule has 2 aliphatic rings. The van der Waals surface area contributed by atoms with Gasteiger partial charge in [0.05, 0.1) is 0 Å². The Morgan fingerprint density at radius 1 is 1.12 bits per heavy atom. The van der Waals surface area contributed by atoms with Crippen LogP contribution < -0.4 is 5.73 Å². The maximum atomic E-state index is 6.01. The van der Waals surface area contributed by atoms with E-state index in [4.69, 9.17) is 5.73 Å². The zero-order chi connectivity index (χ0) is 12.3. The first-order chi connectivity index (χ1) is 8.15.